The number of carbonyl (C=O) groups excluding carboxylic acids is 1. The first-order valence-corrected chi connectivity index (χ1v) is 12.1. The highest BCUT2D eigenvalue weighted by Gasteiger charge is 2.25. The Hall–Kier alpha value is -3.85. The SMILES string of the molecule is CC(c1ccc(-c2ccc(C(=O)N3CCc4ccccc43)cc2)cc1)N1CCc2ccccc21. The van der Waals surface area contributed by atoms with E-state index in [9.17, 15) is 4.79 Å². The van der Waals surface area contributed by atoms with E-state index in [1.54, 1.807) is 0 Å². The maximum Gasteiger partial charge on any atom is 0.258 e. The summed E-state index contributed by atoms with van der Waals surface area (Å²) in [6, 6.07) is 34.1. The van der Waals surface area contributed by atoms with Crippen LogP contribution in [0.2, 0.25) is 0 Å². The first kappa shape index (κ1) is 20.7. The predicted molar refractivity (Wildman–Crippen MR) is 140 cm³/mol. The topological polar surface area (TPSA) is 23.6 Å². The second-order valence-electron chi connectivity index (χ2n) is 9.28. The molecule has 0 saturated carbocycles. The summed E-state index contributed by atoms with van der Waals surface area (Å²) in [7, 11) is 0. The number of nitrogens with zero attached hydrogens (tertiary/aromatic N) is 2. The van der Waals surface area contributed by atoms with Gasteiger partial charge in [-0.15, -0.1) is 0 Å². The quantitative estimate of drug-likeness (QED) is 0.350. The molecule has 0 N–H and O–H groups in total. The van der Waals surface area contributed by atoms with E-state index in [4.69, 9.17) is 0 Å². The molecule has 3 heteroatoms. The van der Waals surface area contributed by atoms with Gasteiger partial charge in [0.1, 0.15) is 0 Å². The second kappa shape index (κ2) is 8.49. The summed E-state index contributed by atoms with van der Waals surface area (Å²) >= 11 is 0. The molecular weight excluding hydrogens is 416 g/mol. The molecule has 0 saturated heterocycles. The lowest BCUT2D eigenvalue weighted by Gasteiger charge is -2.28. The number of hydrogen-bond acceptors (Lipinski definition) is 2. The van der Waals surface area contributed by atoms with Crippen molar-refractivity contribution in [3.63, 3.8) is 0 Å². The number of para-hydroxylation sites is 2. The minimum atomic E-state index is 0.0755. The van der Waals surface area contributed by atoms with E-state index in [0.29, 0.717) is 6.04 Å². The first-order chi connectivity index (χ1) is 16.7. The van der Waals surface area contributed by atoms with Crippen molar-refractivity contribution in [2.24, 2.45) is 0 Å². The molecule has 0 aromatic heterocycles. The van der Waals surface area contributed by atoms with Gasteiger partial charge in [-0.25, -0.2) is 0 Å². The zero-order chi connectivity index (χ0) is 23.1. The summed E-state index contributed by atoms with van der Waals surface area (Å²) in [6.07, 6.45) is 2.04. The van der Waals surface area contributed by atoms with Crippen molar-refractivity contribution in [3.8, 4) is 11.1 Å². The molecule has 3 nitrogen and oxygen atoms in total. The number of rotatable bonds is 4. The van der Waals surface area contributed by atoms with Gasteiger partial charge in [-0.2, -0.15) is 0 Å². The van der Waals surface area contributed by atoms with Crippen LogP contribution in [0.15, 0.2) is 97.1 Å². The second-order valence-corrected chi connectivity index (χ2v) is 9.28. The van der Waals surface area contributed by atoms with Crippen molar-refractivity contribution < 1.29 is 4.79 Å². The summed E-state index contributed by atoms with van der Waals surface area (Å²) in [5, 5.41) is 0. The van der Waals surface area contributed by atoms with Crippen molar-refractivity contribution in [1.82, 2.24) is 0 Å². The van der Waals surface area contributed by atoms with Gasteiger partial charge in [0.05, 0.1) is 6.04 Å². The Bertz CT molecular complexity index is 1340. The Morgan fingerprint density at radius 2 is 1.24 bits per heavy atom. The fourth-order valence-corrected chi connectivity index (χ4v) is 5.41. The molecule has 1 atom stereocenters. The highest BCUT2D eigenvalue weighted by Crippen LogP contribution is 2.35. The molecule has 34 heavy (non-hydrogen) atoms. The van der Waals surface area contributed by atoms with E-state index in [2.05, 4.69) is 78.6 Å². The van der Waals surface area contributed by atoms with Gasteiger partial charge in [0.2, 0.25) is 0 Å². The molecule has 1 unspecified atom stereocenters. The molecule has 4 aromatic rings. The average molecular weight is 445 g/mol. The maximum atomic E-state index is 13.1. The lowest BCUT2D eigenvalue weighted by molar-refractivity contribution is 0.0989. The van der Waals surface area contributed by atoms with E-state index < -0.39 is 0 Å². The fourth-order valence-electron chi connectivity index (χ4n) is 5.41. The average Bonchev–Trinajstić information content (AvgIpc) is 3.53. The molecule has 0 aliphatic carbocycles. The van der Waals surface area contributed by atoms with E-state index in [1.165, 1.54) is 27.9 Å². The normalized spacial score (nSPS) is 15.2. The van der Waals surface area contributed by atoms with Crippen LogP contribution in [-0.4, -0.2) is 19.0 Å². The summed E-state index contributed by atoms with van der Waals surface area (Å²) in [4.78, 5) is 17.5. The van der Waals surface area contributed by atoms with E-state index in [0.717, 1.165) is 42.7 Å². The number of hydrogen-bond donors (Lipinski definition) is 0. The molecular formula is C31H28N2O. The molecule has 0 spiro atoms. The zero-order valence-corrected chi connectivity index (χ0v) is 19.4. The Balaban J connectivity index is 1.18. The number of fused-ring (bicyclic) bond motifs is 2. The maximum absolute atomic E-state index is 13.1. The Labute approximate surface area is 201 Å². The van der Waals surface area contributed by atoms with E-state index >= 15 is 0 Å². The summed E-state index contributed by atoms with van der Waals surface area (Å²) < 4.78 is 0. The third-order valence-corrected chi connectivity index (χ3v) is 7.38. The largest absolute Gasteiger partial charge is 0.364 e. The van der Waals surface area contributed by atoms with Crippen molar-refractivity contribution in [1.29, 1.82) is 0 Å². The monoisotopic (exact) mass is 444 g/mol. The van der Waals surface area contributed by atoms with Crippen LogP contribution in [0.4, 0.5) is 11.4 Å². The van der Waals surface area contributed by atoms with Gasteiger partial charge in [-0.3, -0.25) is 4.79 Å². The van der Waals surface area contributed by atoms with Gasteiger partial charge in [0.25, 0.3) is 5.91 Å². The summed E-state index contributed by atoms with van der Waals surface area (Å²) in [6.45, 7) is 4.11. The van der Waals surface area contributed by atoms with Crippen LogP contribution in [0, 0.1) is 0 Å². The van der Waals surface area contributed by atoms with Gasteiger partial charge in [0.15, 0.2) is 0 Å². The van der Waals surface area contributed by atoms with Gasteiger partial charge < -0.3 is 9.80 Å². The highest BCUT2D eigenvalue weighted by molar-refractivity contribution is 6.07. The molecule has 168 valence electrons. The van der Waals surface area contributed by atoms with Gasteiger partial charge in [-0.05, 0) is 71.8 Å². The third-order valence-electron chi connectivity index (χ3n) is 7.38. The van der Waals surface area contributed by atoms with Crippen LogP contribution in [-0.2, 0) is 12.8 Å². The Kier molecular flexibility index (Phi) is 5.18. The van der Waals surface area contributed by atoms with Crippen LogP contribution in [0.25, 0.3) is 11.1 Å². The zero-order valence-electron chi connectivity index (χ0n) is 19.4. The van der Waals surface area contributed by atoms with Crippen LogP contribution in [0.3, 0.4) is 0 Å². The van der Waals surface area contributed by atoms with E-state index in [1.807, 2.05) is 35.2 Å². The lowest BCUT2D eigenvalue weighted by atomic mass is 9.99. The van der Waals surface area contributed by atoms with Crippen LogP contribution < -0.4 is 9.80 Å². The third kappa shape index (κ3) is 3.58. The highest BCUT2D eigenvalue weighted by atomic mass is 16.2. The fraction of sp³-hybridized carbons (Fsp3) is 0.194. The molecule has 2 aliphatic rings. The van der Waals surface area contributed by atoms with Crippen LogP contribution in [0.1, 0.15) is 40.0 Å². The molecule has 2 aliphatic heterocycles. The summed E-state index contributed by atoms with van der Waals surface area (Å²) in [5.74, 6) is 0.0755. The minimum Gasteiger partial charge on any atom is -0.364 e. The standard InChI is InChI=1S/C31H28N2O/c1-22(32-20-18-26-6-2-4-8-29(26)32)23-10-12-24(13-11-23)25-14-16-28(17-15-25)31(34)33-21-19-27-7-3-5-9-30(27)33/h2-17,22H,18-21H2,1H3. The number of anilines is 2. The molecule has 0 bridgehead atoms. The minimum absolute atomic E-state index is 0.0755. The molecule has 0 radical (unpaired) electrons. The van der Waals surface area contributed by atoms with Crippen molar-refractivity contribution in [2.45, 2.75) is 25.8 Å². The van der Waals surface area contributed by atoms with Crippen LogP contribution in [0.5, 0.6) is 0 Å². The van der Waals surface area contributed by atoms with Crippen molar-refractivity contribution in [2.75, 3.05) is 22.9 Å². The van der Waals surface area contributed by atoms with E-state index in [-0.39, 0.29) is 5.91 Å². The molecule has 0 fully saturated rings. The predicted octanol–water partition coefficient (Wildman–Crippen LogP) is 6.68. The van der Waals surface area contributed by atoms with Gasteiger partial charge in [0, 0.05) is 30.0 Å². The number of amides is 1. The molecule has 1 amide bonds. The van der Waals surface area contributed by atoms with Crippen molar-refractivity contribution >= 4 is 17.3 Å². The van der Waals surface area contributed by atoms with Crippen LogP contribution >= 0.6 is 0 Å². The number of carbonyl (C=O) groups is 1. The van der Waals surface area contributed by atoms with Gasteiger partial charge >= 0.3 is 0 Å². The molecule has 2 heterocycles. The summed E-state index contributed by atoms with van der Waals surface area (Å²) in [5.41, 5.74) is 9.45. The lowest BCUT2D eigenvalue weighted by Crippen LogP contribution is -2.28. The molecule has 6 rings (SSSR count). The smallest absolute Gasteiger partial charge is 0.258 e. The molecule has 4 aromatic carbocycles. The van der Waals surface area contributed by atoms with Crippen molar-refractivity contribution in [3.05, 3.63) is 119 Å². The van der Waals surface area contributed by atoms with Gasteiger partial charge in [-0.1, -0.05) is 72.8 Å². The Morgan fingerprint density at radius 1 is 0.676 bits per heavy atom. The number of benzene rings is 4. The first-order valence-electron chi connectivity index (χ1n) is 12.1. The Morgan fingerprint density at radius 3 is 1.94 bits per heavy atom.